The summed E-state index contributed by atoms with van der Waals surface area (Å²) in [5.41, 5.74) is 0. The van der Waals surface area contributed by atoms with Crippen LogP contribution in [0, 0.1) is 0 Å². The minimum Gasteiger partial charge on any atom is -0.317 e. The first-order chi connectivity index (χ1) is 8.01. The average Bonchev–Trinajstić information content (AvgIpc) is 2.27. The summed E-state index contributed by atoms with van der Waals surface area (Å²) in [5, 5.41) is 3.91. The maximum atomic E-state index is 12.2. The maximum absolute atomic E-state index is 12.2. The molecule has 6 heteroatoms. The third-order valence-corrected chi connectivity index (χ3v) is 4.26. The molecule has 0 spiro atoms. The van der Waals surface area contributed by atoms with Gasteiger partial charge in [-0.2, -0.15) is 24.9 Å². The van der Waals surface area contributed by atoms with Crippen LogP contribution in [0.4, 0.5) is 13.2 Å². The van der Waals surface area contributed by atoms with Crippen LogP contribution in [0.25, 0.3) is 0 Å². The topological polar surface area (TPSA) is 15.3 Å². The minimum absolute atomic E-state index is 0.465. The van der Waals surface area contributed by atoms with Gasteiger partial charge in [0.2, 0.25) is 0 Å². The molecule has 1 aliphatic heterocycles. The summed E-state index contributed by atoms with van der Waals surface area (Å²) < 4.78 is 36.7. The fourth-order valence-corrected chi connectivity index (χ4v) is 3.18. The van der Waals surface area contributed by atoms with Gasteiger partial charge in [0, 0.05) is 17.5 Å². The molecule has 102 valence electrons. The third-order valence-electron chi connectivity index (χ3n) is 2.90. The SMILES string of the molecule is CCN(CCSC1CCNCC1)CC(F)(F)F. The van der Waals surface area contributed by atoms with Crippen LogP contribution in [-0.4, -0.2) is 54.8 Å². The molecule has 0 saturated carbocycles. The molecule has 1 fully saturated rings. The normalized spacial score (nSPS) is 18.9. The number of piperidine rings is 1. The first-order valence-corrected chi connectivity index (χ1v) is 7.17. The van der Waals surface area contributed by atoms with Crippen molar-refractivity contribution in [1.82, 2.24) is 10.2 Å². The van der Waals surface area contributed by atoms with Gasteiger partial charge >= 0.3 is 6.18 Å². The Morgan fingerprint density at radius 1 is 1.29 bits per heavy atom. The van der Waals surface area contributed by atoms with Crippen LogP contribution in [0.3, 0.4) is 0 Å². The van der Waals surface area contributed by atoms with E-state index in [1.165, 1.54) is 4.90 Å². The van der Waals surface area contributed by atoms with Crippen molar-refractivity contribution in [3.05, 3.63) is 0 Å². The van der Waals surface area contributed by atoms with Crippen molar-refractivity contribution < 1.29 is 13.2 Å². The number of nitrogens with one attached hydrogen (secondary N) is 1. The molecule has 1 aliphatic rings. The Balaban J connectivity index is 2.14. The number of rotatable bonds is 6. The fraction of sp³-hybridized carbons (Fsp3) is 1.00. The Kier molecular flexibility index (Phi) is 6.66. The van der Waals surface area contributed by atoms with Gasteiger partial charge in [0.25, 0.3) is 0 Å². The highest BCUT2D eigenvalue weighted by Crippen LogP contribution is 2.21. The van der Waals surface area contributed by atoms with Crippen molar-refractivity contribution in [1.29, 1.82) is 0 Å². The summed E-state index contributed by atoms with van der Waals surface area (Å²) in [5.74, 6) is 0.800. The van der Waals surface area contributed by atoms with E-state index >= 15 is 0 Å². The predicted molar refractivity (Wildman–Crippen MR) is 66.5 cm³/mol. The number of nitrogens with zero attached hydrogens (tertiary/aromatic N) is 1. The zero-order chi connectivity index (χ0) is 12.7. The van der Waals surface area contributed by atoms with E-state index in [0.29, 0.717) is 18.3 Å². The lowest BCUT2D eigenvalue weighted by molar-refractivity contribution is -0.144. The Bertz CT molecular complexity index is 205. The number of hydrogen-bond acceptors (Lipinski definition) is 3. The van der Waals surface area contributed by atoms with Crippen LogP contribution in [-0.2, 0) is 0 Å². The third kappa shape index (κ3) is 7.16. The highest BCUT2D eigenvalue weighted by Gasteiger charge is 2.29. The summed E-state index contributed by atoms with van der Waals surface area (Å²) in [4.78, 5) is 1.47. The largest absolute Gasteiger partial charge is 0.401 e. The Morgan fingerprint density at radius 2 is 1.94 bits per heavy atom. The lowest BCUT2D eigenvalue weighted by Crippen LogP contribution is -2.36. The van der Waals surface area contributed by atoms with E-state index in [1.807, 2.05) is 11.8 Å². The van der Waals surface area contributed by atoms with Crippen LogP contribution in [0.5, 0.6) is 0 Å². The molecule has 2 nitrogen and oxygen atoms in total. The molecule has 0 aromatic rings. The first kappa shape index (κ1) is 15.1. The van der Waals surface area contributed by atoms with E-state index in [-0.39, 0.29) is 0 Å². The predicted octanol–water partition coefficient (Wildman–Crippen LogP) is 2.36. The molecule has 0 aromatic heterocycles. The minimum atomic E-state index is -4.07. The molecule has 0 bridgehead atoms. The Hall–Kier alpha value is 0.0600. The second-order valence-corrected chi connectivity index (χ2v) is 5.71. The van der Waals surface area contributed by atoms with E-state index in [4.69, 9.17) is 0 Å². The molecule has 0 atom stereocenters. The van der Waals surface area contributed by atoms with Gasteiger partial charge < -0.3 is 5.32 Å². The molecule has 1 heterocycles. The van der Waals surface area contributed by atoms with E-state index in [2.05, 4.69) is 5.32 Å². The van der Waals surface area contributed by atoms with Crippen LogP contribution in [0.1, 0.15) is 19.8 Å². The van der Waals surface area contributed by atoms with Gasteiger partial charge in [-0.15, -0.1) is 0 Å². The van der Waals surface area contributed by atoms with Crippen molar-refractivity contribution in [2.24, 2.45) is 0 Å². The van der Waals surface area contributed by atoms with Crippen molar-refractivity contribution >= 4 is 11.8 Å². The lowest BCUT2D eigenvalue weighted by atomic mass is 10.2. The summed E-state index contributed by atoms with van der Waals surface area (Å²) in [6.07, 6.45) is -1.80. The quantitative estimate of drug-likeness (QED) is 0.797. The van der Waals surface area contributed by atoms with E-state index in [1.54, 1.807) is 6.92 Å². The number of halogens is 3. The first-order valence-electron chi connectivity index (χ1n) is 6.12. The van der Waals surface area contributed by atoms with Crippen molar-refractivity contribution in [3.63, 3.8) is 0 Å². The molecular weight excluding hydrogens is 249 g/mol. The second kappa shape index (κ2) is 7.48. The van der Waals surface area contributed by atoms with E-state index in [9.17, 15) is 13.2 Å². The number of hydrogen-bond donors (Lipinski definition) is 1. The summed E-state index contributed by atoms with van der Waals surface area (Å²) in [6.45, 7) is 4.07. The summed E-state index contributed by atoms with van der Waals surface area (Å²) in [6, 6.07) is 0. The Morgan fingerprint density at radius 3 is 2.47 bits per heavy atom. The van der Waals surface area contributed by atoms with Crippen LogP contribution >= 0.6 is 11.8 Å². The maximum Gasteiger partial charge on any atom is 0.401 e. The molecule has 0 amide bonds. The summed E-state index contributed by atoms with van der Waals surface area (Å²) in [7, 11) is 0. The van der Waals surface area contributed by atoms with Gasteiger partial charge in [-0.05, 0) is 32.5 Å². The van der Waals surface area contributed by atoms with Gasteiger partial charge in [-0.1, -0.05) is 6.92 Å². The molecule has 1 N–H and O–H groups in total. The van der Waals surface area contributed by atoms with Crippen molar-refractivity contribution in [3.8, 4) is 0 Å². The van der Waals surface area contributed by atoms with Gasteiger partial charge in [-0.25, -0.2) is 0 Å². The molecular formula is C11H21F3N2S. The molecule has 1 rings (SSSR count). The summed E-state index contributed by atoms with van der Waals surface area (Å²) >= 11 is 1.82. The lowest BCUT2D eigenvalue weighted by Gasteiger charge is -2.25. The molecule has 0 unspecified atom stereocenters. The molecule has 1 saturated heterocycles. The highest BCUT2D eigenvalue weighted by molar-refractivity contribution is 7.99. The zero-order valence-corrected chi connectivity index (χ0v) is 11.0. The van der Waals surface area contributed by atoms with Crippen LogP contribution in [0.2, 0.25) is 0 Å². The van der Waals surface area contributed by atoms with Crippen molar-refractivity contribution in [2.75, 3.05) is 38.5 Å². The monoisotopic (exact) mass is 270 g/mol. The molecule has 0 aromatic carbocycles. The van der Waals surface area contributed by atoms with Gasteiger partial charge in [0.05, 0.1) is 6.54 Å². The number of thioether (sulfide) groups is 1. The van der Waals surface area contributed by atoms with Gasteiger partial charge in [0.15, 0.2) is 0 Å². The average molecular weight is 270 g/mol. The van der Waals surface area contributed by atoms with Crippen LogP contribution in [0.15, 0.2) is 0 Å². The van der Waals surface area contributed by atoms with Gasteiger partial charge in [-0.3, -0.25) is 4.90 Å². The van der Waals surface area contributed by atoms with Crippen molar-refractivity contribution in [2.45, 2.75) is 31.2 Å². The molecule has 17 heavy (non-hydrogen) atoms. The zero-order valence-electron chi connectivity index (χ0n) is 10.2. The molecule has 0 aliphatic carbocycles. The number of alkyl halides is 3. The van der Waals surface area contributed by atoms with E-state index < -0.39 is 12.7 Å². The smallest absolute Gasteiger partial charge is 0.317 e. The standard InChI is InChI=1S/C11H21F3N2S/c1-2-16(9-11(12,13)14)7-8-17-10-3-5-15-6-4-10/h10,15H,2-9H2,1H3. The molecule has 0 radical (unpaired) electrons. The fourth-order valence-electron chi connectivity index (χ4n) is 1.91. The second-order valence-electron chi connectivity index (χ2n) is 4.30. The highest BCUT2D eigenvalue weighted by atomic mass is 32.2. The Labute approximate surface area is 105 Å². The van der Waals surface area contributed by atoms with E-state index in [0.717, 1.165) is 31.7 Å². The van der Waals surface area contributed by atoms with Crippen LogP contribution < -0.4 is 5.32 Å². The van der Waals surface area contributed by atoms with Gasteiger partial charge in [0.1, 0.15) is 0 Å².